The first-order valence-corrected chi connectivity index (χ1v) is 4.71. The van der Waals surface area contributed by atoms with Crippen LogP contribution in [0, 0.1) is 0 Å². The summed E-state index contributed by atoms with van der Waals surface area (Å²) in [6, 6.07) is 4.96. The Labute approximate surface area is 86.6 Å². The molecule has 0 fully saturated rings. The third-order valence-electron chi connectivity index (χ3n) is 1.83. The second kappa shape index (κ2) is 4.96. The molecule has 4 heteroatoms. The highest BCUT2D eigenvalue weighted by atomic mass is 19.4. The summed E-state index contributed by atoms with van der Waals surface area (Å²) >= 11 is 0. The lowest BCUT2D eigenvalue weighted by Gasteiger charge is -2.05. The third-order valence-corrected chi connectivity index (χ3v) is 1.83. The second-order valence-electron chi connectivity index (χ2n) is 3.16. The molecule has 0 N–H and O–H groups in total. The van der Waals surface area contributed by atoms with Crippen LogP contribution in [0.2, 0.25) is 0 Å². The molecule has 1 aromatic carbocycles. The number of rotatable bonds is 3. The van der Waals surface area contributed by atoms with Crippen molar-refractivity contribution < 1.29 is 13.2 Å². The first-order chi connectivity index (χ1) is 7.04. The minimum Gasteiger partial charge on any atom is -0.293 e. The van der Waals surface area contributed by atoms with Gasteiger partial charge in [0.2, 0.25) is 0 Å². The Morgan fingerprint density at radius 3 is 2.27 bits per heavy atom. The molecule has 0 heterocycles. The number of halogens is 3. The summed E-state index contributed by atoms with van der Waals surface area (Å²) in [6.07, 6.45) is -1.75. The summed E-state index contributed by atoms with van der Waals surface area (Å²) in [6.45, 7) is 2.69. The van der Waals surface area contributed by atoms with Gasteiger partial charge in [0.25, 0.3) is 0 Å². The summed E-state index contributed by atoms with van der Waals surface area (Å²) in [5, 5.41) is 0. The Bertz CT molecular complexity index is 325. The van der Waals surface area contributed by atoms with Gasteiger partial charge in [0, 0.05) is 12.8 Å². The van der Waals surface area contributed by atoms with Gasteiger partial charge in [-0.1, -0.05) is 19.1 Å². The van der Waals surface area contributed by atoms with Crippen LogP contribution in [0.15, 0.2) is 29.3 Å². The highest BCUT2D eigenvalue weighted by molar-refractivity contribution is 5.79. The molecule has 15 heavy (non-hydrogen) atoms. The first kappa shape index (κ1) is 11.8. The quantitative estimate of drug-likeness (QED) is 0.684. The standard InChI is InChI=1S/C11H12F3N/c1-2-7-15-8-9-3-5-10(6-4-9)11(12,13)14/h3-6,8H,2,7H2,1H3. The van der Waals surface area contributed by atoms with Crippen molar-refractivity contribution in [3.8, 4) is 0 Å². The predicted octanol–water partition coefficient (Wildman–Crippen LogP) is 3.53. The Balaban J connectivity index is 2.73. The number of hydrogen-bond acceptors (Lipinski definition) is 1. The van der Waals surface area contributed by atoms with E-state index in [0.29, 0.717) is 12.1 Å². The molecule has 0 saturated carbocycles. The molecular formula is C11H12F3N. The number of nitrogens with zero attached hydrogens (tertiary/aromatic N) is 1. The molecule has 0 amide bonds. The van der Waals surface area contributed by atoms with Crippen molar-refractivity contribution >= 4 is 6.21 Å². The van der Waals surface area contributed by atoms with Gasteiger partial charge in [0.1, 0.15) is 0 Å². The molecule has 1 aromatic rings. The third kappa shape index (κ3) is 3.73. The zero-order chi connectivity index (χ0) is 11.3. The van der Waals surface area contributed by atoms with Gasteiger partial charge in [-0.3, -0.25) is 4.99 Å². The highest BCUT2D eigenvalue weighted by Gasteiger charge is 2.29. The van der Waals surface area contributed by atoms with E-state index in [4.69, 9.17) is 0 Å². The minimum atomic E-state index is -4.26. The monoisotopic (exact) mass is 215 g/mol. The average Bonchev–Trinajstić information content (AvgIpc) is 2.18. The molecule has 0 unspecified atom stereocenters. The number of alkyl halides is 3. The predicted molar refractivity (Wildman–Crippen MR) is 54.2 cm³/mol. The summed E-state index contributed by atoms with van der Waals surface area (Å²) in [5.41, 5.74) is 0.0617. The fourth-order valence-corrected chi connectivity index (χ4v) is 1.06. The summed E-state index contributed by atoms with van der Waals surface area (Å²) in [7, 11) is 0. The van der Waals surface area contributed by atoms with Crippen LogP contribution in [0.1, 0.15) is 24.5 Å². The fourth-order valence-electron chi connectivity index (χ4n) is 1.06. The summed E-state index contributed by atoms with van der Waals surface area (Å²) in [5.74, 6) is 0. The van der Waals surface area contributed by atoms with Crippen molar-refractivity contribution in [2.24, 2.45) is 4.99 Å². The van der Waals surface area contributed by atoms with Crippen LogP contribution in [0.3, 0.4) is 0 Å². The zero-order valence-electron chi connectivity index (χ0n) is 8.38. The van der Waals surface area contributed by atoms with Gasteiger partial charge in [-0.15, -0.1) is 0 Å². The molecule has 0 atom stereocenters. The number of aliphatic imine (C=N–C) groups is 1. The number of benzene rings is 1. The maximum atomic E-state index is 12.2. The molecule has 1 nitrogen and oxygen atoms in total. The summed E-state index contributed by atoms with van der Waals surface area (Å²) in [4.78, 5) is 4.05. The fraction of sp³-hybridized carbons (Fsp3) is 0.364. The molecule has 0 spiro atoms. The van der Waals surface area contributed by atoms with E-state index in [0.717, 1.165) is 18.6 Å². The summed E-state index contributed by atoms with van der Waals surface area (Å²) < 4.78 is 36.6. The van der Waals surface area contributed by atoms with Crippen LogP contribution in [0.25, 0.3) is 0 Å². The Morgan fingerprint density at radius 2 is 1.80 bits per heavy atom. The van der Waals surface area contributed by atoms with Gasteiger partial charge in [0.15, 0.2) is 0 Å². The van der Waals surface area contributed by atoms with Crippen molar-refractivity contribution in [3.05, 3.63) is 35.4 Å². The zero-order valence-corrected chi connectivity index (χ0v) is 8.38. The van der Waals surface area contributed by atoms with Crippen LogP contribution in [-0.4, -0.2) is 12.8 Å². The lowest BCUT2D eigenvalue weighted by Crippen LogP contribution is -2.04. The SMILES string of the molecule is CCCN=Cc1ccc(C(F)(F)F)cc1. The largest absolute Gasteiger partial charge is 0.416 e. The van der Waals surface area contributed by atoms with Crippen molar-refractivity contribution in [1.29, 1.82) is 0 Å². The molecule has 1 rings (SSSR count). The topological polar surface area (TPSA) is 12.4 Å². The molecule has 0 radical (unpaired) electrons. The molecule has 0 aliphatic carbocycles. The molecular weight excluding hydrogens is 203 g/mol. The Hall–Kier alpha value is -1.32. The van der Waals surface area contributed by atoms with Gasteiger partial charge in [-0.05, 0) is 24.1 Å². The lowest BCUT2D eigenvalue weighted by molar-refractivity contribution is -0.137. The molecule has 0 aliphatic rings. The molecule has 0 aliphatic heterocycles. The Morgan fingerprint density at radius 1 is 1.20 bits per heavy atom. The second-order valence-corrected chi connectivity index (χ2v) is 3.16. The van der Waals surface area contributed by atoms with Gasteiger partial charge >= 0.3 is 6.18 Å². The molecule has 0 bridgehead atoms. The van der Waals surface area contributed by atoms with Crippen molar-refractivity contribution in [2.75, 3.05) is 6.54 Å². The lowest BCUT2D eigenvalue weighted by atomic mass is 10.1. The maximum absolute atomic E-state index is 12.2. The van der Waals surface area contributed by atoms with Crippen LogP contribution in [-0.2, 0) is 6.18 Å². The Kier molecular flexibility index (Phi) is 3.88. The van der Waals surface area contributed by atoms with Crippen molar-refractivity contribution in [2.45, 2.75) is 19.5 Å². The van der Waals surface area contributed by atoms with Crippen LogP contribution < -0.4 is 0 Å². The van der Waals surface area contributed by atoms with E-state index < -0.39 is 11.7 Å². The van der Waals surface area contributed by atoms with Crippen molar-refractivity contribution in [3.63, 3.8) is 0 Å². The van der Waals surface area contributed by atoms with E-state index in [9.17, 15) is 13.2 Å². The highest BCUT2D eigenvalue weighted by Crippen LogP contribution is 2.28. The van der Waals surface area contributed by atoms with E-state index in [1.165, 1.54) is 12.1 Å². The van der Waals surface area contributed by atoms with Crippen molar-refractivity contribution in [1.82, 2.24) is 0 Å². The first-order valence-electron chi connectivity index (χ1n) is 4.71. The minimum absolute atomic E-state index is 0.629. The van der Waals surface area contributed by atoms with E-state index in [1.54, 1.807) is 6.21 Å². The van der Waals surface area contributed by atoms with Gasteiger partial charge in [-0.25, -0.2) is 0 Å². The maximum Gasteiger partial charge on any atom is 0.416 e. The van der Waals surface area contributed by atoms with E-state index in [1.807, 2.05) is 6.92 Å². The molecule has 82 valence electrons. The van der Waals surface area contributed by atoms with Gasteiger partial charge in [0.05, 0.1) is 5.56 Å². The van der Waals surface area contributed by atoms with E-state index in [-0.39, 0.29) is 0 Å². The molecule has 0 saturated heterocycles. The van der Waals surface area contributed by atoms with Crippen LogP contribution in [0.4, 0.5) is 13.2 Å². The van der Waals surface area contributed by atoms with E-state index in [2.05, 4.69) is 4.99 Å². The smallest absolute Gasteiger partial charge is 0.293 e. The van der Waals surface area contributed by atoms with E-state index >= 15 is 0 Å². The molecule has 0 aromatic heterocycles. The van der Waals surface area contributed by atoms with Crippen LogP contribution >= 0.6 is 0 Å². The van der Waals surface area contributed by atoms with Gasteiger partial charge < -0.3 is 0 Å². The van der Waals surface area contributed by atoms with Gasteiger partial charge in [-0.2, -0.15) is 13.2 Å². The number of hydrogen-bond donors (Lipinski definition) is 0. The van der Waals surface area contributed by atoms with Crippen LogP contribution in [0.5, 0.6) is 0 Å². The average molecular weight is 215 g/mol. The normalized spacial score (nSPS) is 12.3.